The molecule has 112 valence electrons. The Hall–Kier alpha value is -1.06. The number of carbonyl (C=O) groups excluding carboxylic acids is 2. The molecule has 2 saturated heterocycles. The summed E-state index contributed by atoms with van der Waals surface area (Å²) in [5.41, 5.74) is 0. The fourth-order valence-corrected chi connectivity index (χ4v) is 4.64. The number of hydrogen-bond acceptors (Lipinski definition) is 2. The van der Waals surface area contributed by atoms with Gasteiger partial charge in [0.25, 0.3) is 0 Å². The van der Waals surface area contributed by atoms with Gasteiger partial charge in [-0.05, 0) is 50.9 Å². The summed E-state index contributed by atoms with van der Waals surface area (Å²) in [5.74, 6) is 1.68. The summed E-state index contributed by atoms with van der Waals surface area (Å²) in [4.78, 5) is 29.1. The highest BCUT2D eigenvalue weighted by molar-refractivity contribution is 5.97. The highest BCUT2D eigenvalue weighted by Crippen LogP contribution is 2.36. The topological polar surface area (TPSA) is 40.6 Å². The molecule has 2 aliphatic heterocycles. The number of hydrogen-bond donors (Lipinski definition) is 0. The molecular weight excluding hydrogens is 252 g/mol. The first-order valence-corrected chi connectivity index (χ1v) is 8.11. The molecule has 0 spiro atoms. The minimum atomic E-state index is -0.264. The lowest BCUT2D eigenvalue weighted by Gasteiger charge is -2.47. The van der Waals surface area contributed by atoms with Gasteiger partial charge in [0.2, 0.25) is 11.8 Å². The Morgan fingerprint density at radius 2 is 1.60 bits per heavy atom. The first kappa shape index (κ1) is 13.9. The van der Waals surface area contributed by atoms with E-state index in [1.165, 1.54) is 6.42 Å². The average molecular weight is 278 g/mol. The third-order valence-electron chi connectivity index (χ3n) is 5.40. The summed E-state index contributed by atoms with van der Waals surface area (Å²) in [6.45, 7) is 7.22. The largest absolute Gasteiger partial charge is 0.329 e. The van der Waals surface area contributed by atoms with Crippen molar-refractivity contribution >= 4 is 11.8 Å². The predicted molar refractivity (Wildman–Crippen MR) is 77.0 cm³/mol. The normalized spacial score (nSPS) is 42.0. The van der Waals surface area contributed by atoms with Gasteiger partial charge < -0.3 is 9.80 Å². The van der Waals surface area contributed by atoms with E-state index in [1.54, 1.807) is 0 Å². The average Bonchev–Trinajstić information content (AvgIpc) is 2.85. The second kappa shape index (κ2) is 5.05. The van der Waals surface area contributed by atoms with Crippen LogP contribution in [0.3, 0.4) is 0 Å². The van der Waals surface area contributed by atoms with Crippen molar-refractivity contribution in [3.05, 3.63) is 0 Å². The smallest absolute Gasteiger partial charge is 0.246 e. The number of piperazine rings is 1. The zero-order chi connectivity index (χ0) is 14.4. The van der Waals surface area contributed by atoms with E-state index in [2.05, 4.69) is 13.8 Å². The maximum atomic E-state index is 12.8. The van der Waals surface area contributed by atoms with E-state index in [0.717, 1.165) is 32.2 Å². The summed E-state index contributed by atoms with van der Waals surface area (Å²) in [7, 11) is 0. The van der Waals surface area contributed by atoms with Gasteiger partial charge in [-0.25, -0.2) is 0 Å². The molecular formula is C16H26N2O2. The lowest BCUT2D eigenvalue weighted by Crippen LogP contribution is -2.65. The summed E-state index contributed by atoms with van der Waals surface area (Å²) in [5, 5.41) is 0. The number of rotatable bonds is 1. The maximum Gasteiger partial charge on any atom is 0.246 e. The Labute approximate surface area is 121 Å². The van der Waals surface area contributed by atoms with Crippen LogP contribution in [0.4, 0.5) is 0 Å². The molecule has 0 radical (unpaired) electrons. The summed E-state index contributed by atoms with van der Waals surface area (Å²) >= 11 is 0. The van der Waals surface area contributed by atoms with Gasteiger partial charge in [0.05, 0.1) is 0 Å². The van der Waals surface area contributed by atoms with Crippen LogP contribution in [-0.4, -0.2) is 46.3 Å². The van der Waals surface area contributed by atoms with Crippen molar-refractivity contribution in [1.29, 1.82) is 0 Å². The summed E-state index contributed by atoms with van der Waals surface area (Å²) in [6, 6.07) is -0.159. The van der Waals surface area contributed by atoms with E-state index in [1.807, 2.05) is 16.7 Å². The van der Waals surface area contributed by atoms with Crippen molar-refractivity contribution in [2.75, 3.05) is 6.54 Å². The molecule has 3 aliphatic rings. The highest BCUT2D eigenvalue weighted by atomic mass is 16.2. The zero-order valence-electron chi connectivity index (χ0n) is 12.8. The van der Waals surface area contributed by atoms with Gasteiger partial charge in [0.1, 0.15) is 12.1 Å². The Balaban J connectivity index is 1.84. The fraction of sp³-hybridized carbons (Fsp3) is 0.875. The third-order valence-corrected chi connectivity index (χ3v) is 5.40. The Kier molecular flexibility index (Phi) is 3.51. The molecule has 4 unspecified atom stereocenters. The van der Waals surface area contributed by atoms with E-state index in [0.29, 0.717) is 11.8 Å². The molecule has 0 aromatic carbocycles. The molecule has 20 heavy (non-hydrogen) atoms. The summed E-state index contributed by atoms with van der Waals surface area (Å²) in [6.07, 6.45) is 5.18. The van der Waals surface area contributed by atoms with Crippen molar-refractivity contribution in [3.8, 4) is 0 Å². The minimum absolute atomic E-state index is 0.161. The van der Waals surface area contributed by atoms with Gasteiger partial charge in [-0.1, -0.05) is 13.8 Å². The van der Waals surface area contributed by atoms with Gasteiger partial charge in [-0.3, -0.25) is 9.59 Å². The van der Waals surface area contributed by atoms with Crippen LogP contribution in [0, 0.1) is 11.8 Å². The van der Waals surface area contributed by atoms with Gasteiger partial charge in [0, 0.05) is 12.6 Å². The Morgan fingerprint density at radius 3 is 2.25 bits per heavy atom. The number of carbonyl (C=O) groups is 2. The van der Waals surface area contributed by atoms with Crippen LogP contribution in [0.25, 0.3) is 0 Å². The Morgan fingerprint density at radius 1 is 0.950 bits per heavy atom. The number of amides is 2. The maximum absolute atomic E-state index is 12.8. The quantitative estimate of drug-likeness (QED) is 0.736. The number of nitrogens with zero attached hydrogens (tertiary/aromatic N) is 2. The first-order chi connectivity index (χ1) is 9.49. The molecule has 4 nitrogen and oxygen atoms in total. The second-order valence-corrected chi connectivity index (χ2v) is 7.18. The highest BCUT2D eigenvalue weighted by Gasteiger charge is 2.48. The van der Waals surface area contributed by atoms with Gasteiger partial charge in [0.15, 0.2) is 0 Å². The summed E-state index contributed by atoms with van der Waals surface area (Å²) < 4.78 is 0. The van der Waals surface area contributed by atoms with Gasteiger partial charge >= 0.3 is 0 Å². The molecule has 2 heterocycles. The van der Waals surface area contributed by atoms with Crippen LogP contribution in [0.5, 0.6) is 0 Å². The lowest BCUT2D eigenvalue weighted by atomic mass is 9.79. The van der Waals surface area contributed by atoms with Crippen LogP contribution in [-0.2, 0) is 9.59 Å². The van der Waals surface area contributed by atoms with E-state index < -0.39 is 0 Å². The van der Waals surface area contributed by atoms with Crippen LogP contribution in [0.15, 0.2) is 0 Å². The number of fused-ring (bicyclic) bond motifs is 1. The van der Waals surface area contributed by atoms with Crippen molar-refractivity contribution in [3.63, 3.8) is 0 Å². The lowest BCUT2D eigenvalue weighted by molar-refractivity contribution is -0.162. The monoisotopic (exact) mass is 278 g/mol. The SMILES string of the molecule is CC1CC(C)CC(N2C(=O)C3CCCN3C(=O)C2C)C1. The molecule has 3 rings (SSSR count). The molecule has 0 aromatic rings. The van der Waals surface area contributed by atoms with Crippen LogP contribution < -0.4 is 0 Å². The van der Waals surface area contributed by atoms with Crippen molar-refractivity contribution < 1.29 is 9.59 Å². The van der Waals surface area contributed by atoms with E-state index in [4.69, 9.17) is 0 Å². The van der Waals surface area contributed by atoms with Crippen molar-refractivity contribution in [2.24, 2.45) is 11.8 Å². The molecule has 1 aliphatic carbocycles. The van der Waals surface area contributed by atoms with Gasteiger partial charge in [-0.2, -0.15) is 0 Å². The molecule has 1 saturated carbocycles. The van der Waals surface area contributed by atoms with Crippen molar-refractivity contribution in [1.82, 2.24) is 9.80 Å². The Bertz CT molecular complexity index is 413. The molecule has 4 atom stereocenters. The molecule has 0 N–H and O–H groups in total. The second-order valence-electron chi connectivity index (χ2n) is 7.18. The predicted octanol–water partition coefficient (Wildman–Crippen LogP) is 2.03. The van der Waals surface area contributed by atoms with Crippen LogP contribution in [0.1, 0.15) is 52.9 Å². The molecule has 0 bridgehead atoms. The van der Waals surface area contributed by atoms with Gasteiger partial charge in [-0.15, -0.1) is 0 Å². The minimum Gasteiger partial charge on any atom is -0.329 e. The third kappa shape index (κ3) is 2.13. The van der Waals surface area contributed by atoms with E-state index in [9.17, 15) is 9.59 Å². The van der Waals surface area contributed by atoms with Crippen LogP contribution >= 0.6 is 0 Å². The molecule has 3 fully saturated rings. The molecule has 0 aromatic heterocycles. The van der Waals surface area contributed by atoms with E-state index in [-0.39, 0.29) is 29.9 Å². The first-order valence-electron chi connectivity index (χ1n) is 8.11. The fourth-order valence-electron chi connectivity index (χ4n) is 4.64. The van der Waals surface area contributed by atoms with Crippen LogP contribution in [0.2, 0.25) is 0 Å². The molecule has 4 heteroatoms. The van der Waals surface area contributed by atoms with E-state index >= 15 is 0 Å². The zero-order valence-corrected chi connectivity index (χ0v) is 12.8. The standard InChI is InChI=1S/C16H26N2O2/c1-10-7-11(2)9-13(8-10)18-12(3)15(19)17-6-4-5-14(17)16(18)20/h10-14H,4-9H2,1-3H3. The van der Waals surface area contributed by atoms with Crippen molar-refractivity contribution in [2.45, 2.75) is 71.0 Å². The molecule has 2 amide bonds.